The number of hydrogen-bond donors (Lipinski definition) is 0. The second-order valence-corrected chi connectivity index (χ2v) is 11.0. The van der Waals surface area contributed by atoms with Crippen LogP contribution in [0.1, 0.15) is 42.1 Å². The molecule has 2 aliphatic rings. The van der Waals surface area contributed by atoms with Crippen LogP contribution in [0.25, 0.3) is 10.9 Å². The summed E-state index contributed by atoms with van der Waals surface area (Å²) in [6.07, 6.45) is 2.81. The summed E-state index contributed by atoms with van der Waals surface area (Å²) in [7, 11) is -4.24. The van der Waals surface area contributed by atoms with Crippen LogP contribution in [0, 0.1) is 10.1 Å². The van der Waals surface area contributed by atoms with E-state index < -0.39 is 31.4 Å². The molecule has 3 heterocycles. The summed E-state index contributed by atoms with van der Waals surface area (Å²) in [6, 6.07) is 15.2. The summed E-state index contributed by atoms with van der Waals surface area (Å²) in [5.41, 5.74) is 0.234. The number of sulfonamides is 1. The van der Waals surface area contributed by atoms with E-state index >= 15 is 0 Å². The van der Waals surface area contributed by atoms with Crippen molar-refractivity contribution in [2.24, 2.45) is 0 Å². The molecule has 1 saturated heterocycles. The second kappa shape index (κ2) is 9.47. The third-order valence-electron chi connectivity index (χ3n) is 7.04. The van der Waals surface area contributed by atoms with Crippen LogP contribution in [0.15, 0.2) is 64.3 Å². The third kappa shape index (κ3) is 4.18. The molecule has 1 amide bonds. The van der Waals surface area contributed by atoms with Crippen molar-refractivity contribution in [1.29, 1.82) is 0 Å². The molecule has 1 aromatic heterocycles. The van der Waals surface area contributed by atoms with Gasteiger partial charge in [0.2, 0.25) is 0 Å². The van der Waals surface area contributed by atoms with Gasteiger partial charge in [-0.15, -0.1) is 0 Å². The topological polar surface area (TPSA) is 123 Å². The summed E-state index contributed by atoms with van der Waals surface area (Å²) in [4.78, 5) is 37.5. The van der Waals surface area contributed by atoms with E-state index in [0.29, 0.717) is 12.8 Å². The zero-order valence-electron chi connectivity index (χ0n) is 19.6. The number of nitro benzene ring substituents is 1. The van der Waals surface area contributed by atoms with Gasteiger partial charge >= 0.3 is 0 Å². The van der Waals surface area contributed by atoms with E-state index in [1.807, 2.05) is 34.9 Å². The van der Waals surface area contributed by atoms with E-state index in [0.717, 1.165) is 53.8 Å². The Morgan fingerprint density at radius 2 is 1.64 bits per heavy atom. The first-order valence-electron chi connectivity index (χ1n) is 12.0. The fourth-order valence-corrected chi connectivity index (χ4v) is 7.01. The molecule has 188 valence electrons. The summed E-state index contributed by atoms with van der Waals surface area (Å²) in [5.74, 6) is -0.713. The Morgan fingerprint density at radius 1 is 0.917 bits per heavy atom. The molecule has 0 atom stereocenters. The molecule has 5 rings (SSSR count). The van der Waals surface area contributed by atoms with E-state index in [4.69, 9.17) is 0 Å². The van der Waals surface area contributed by atoms with Crippen molar-refractivity contribution in [1.82, 2.24) is 13.8 Å². The van der Waals surface area contributed by atoms with Crippen LogP contribution in [-0.2, 0) is 10.0 Å². The standard InChI is InChI=1S/C25H26N4O6S/c30-23-11-10-18-6-1-2-8-21(18)28(23)19-12-16-26(17-13-19)14-3-4-15-27-25(31)20-7-5-9-22(29(32)33)24(20)36(27,34)35/h1-2,5-11,19H,3-4,12-17H2. The Bertz CT molecular complexity index is 1510. The average molecular weight is 511 g/mol. The zero-order chi connectivity index (χ0) is 25.4. The number of likely N-dealkylation sites (tertiary alicyclic amines) is 1. The molecule has 0 saturated carbocycles. The van der Waals surface area contributed by atoms with E-state index in [-0.39, 0.29) is 23.7 Å². The first kappa shape index (κ1) is 24.1. The minimum atomic E-state index is -4.24. The molecule has 0 spiro atoms. The van der Waals surface area contributed by atoms with Crippen LogP contribution in [0.5, 0.6) is 0 Å². The number of fused-ring (bicyclic) bond motifs is 2. The molecule has 0 bridgehead atoms. The number of nitro groups is 1. The summed E-state index contributed by atoms with van der Waals surface area (Å²) >= 11 is 0. The quantitative estimate of drug-likeness (QED) is 0.272. The Labute approximate surface area is 207 Å². The first-order valence-corrected chi connectivity index (χ1v) is 13.4. The van der Waals surface area contributed by atoms with Gasteiger partial charge in [0.15, 0.2) is 4.90 Å². The number of para-hydroxylation sites is 1. The minimum absolute atomic E-state index is 0.00451. The Balaban J connectivity index is 1.17. The van der Waals surface area contributed by atoms with Gasteiger partial charge in [-0.1, -0.05) is 24.3 Å². The number of carbonyl (C=O) groups excluding carboxylic acids is 1. The fourth-order valence-electron chi connectivity index (χ4n) is 5.26. The van der Waals surface area contributed by atoms with Gasteiger partial charge in [0.05, 0.1) is 16.0 Å². The van der Waals surface area contributed by atoms with Gasteiger partial charge in [0.1, 0.15) is 0 Å². The molecular formula is C25H26N4O6S. The number of unbranched alkanes of at least 4 members (excludes halogenated alkanes) is 1. The summed E-state index contributed by atoms with van der Waals surface area (Å²) < 4.78 is 28.4. The number of nitrogens with zero attached hydrogens (tertiary/aromatic N) is 4. The summed E-state index contributed by atoms with van der Waals surface area (Å²) in [5, 5.41) is 12.3. The Morgan fingerprint density at radius 3 is 2.39 bits per heavy atom. The predicted octanol–water partition coefficient (Wildman–Crippen LogP) is 3.17. The zero-order valence-corrected chi connectivity index (χ0v) is 20.4. The number of carbonyl (C=O) groups is 1. The molecule has 10 nitrogen and oxygen atoms in total. The highest BCUT2D eigenvalue weighted by Gasteiger charge is 2.45. The van der Waals surface area contributed by atoms with Crippen molar-refractivity contribution >= 4 is 32.5 Å². The largest absolute Gasteiger partial charge is 0.305 e. The molecule has 1 fully saturated rings. The van der Waals surface area contributed by atoms with Crippen LogP contribution in [0.2, 0.25) is 0 Å². The van der Waals surface area contributed by atoms with Gasteiger partial charge in [-0.3, -0.25) is 19.7 Å². The van der Waals surface area contributed by atoms with Gasteiger partial charge in [0, 0.05) is 37.8 Å². The molecule has 2 aromatic carbocycles. The second-order valence-electron chi connectivity index (χ2n) is 9.17. The molecule has 11 heteroatoms. The van der Waals surface area contributed by atoms with Gasteiger partial charge in [-0.25, -0.2) is 12.7 Å². The monoisotopic (exact) mass is 510 g/mol. The number of piperidine rings is 1. The van der Waals surface area contributed by atoms with Crippen LogP contribution in [0.3, 0.4) is 0 Å². The number of rotatable bonds is 7. The Kier molecular flexibility index (Phi) is 6.35. The van der Waals surface area contributed by atoms with Crippen LogP contribution < -0.4 is 5.56 Å². The average Bonchev–Trinajstić information content (AvgIpc) is 3.07. The highest BCUT2D eigenvalue weighted by atomic mass is 32.2. The van der Waals surface area contributed by atoms with Crippen molar-refractivity contribution in [2.75, 3.05) is 26.2 Å². The number of benzene rings is 2. The van der Waals surface area contributed by atoms with Crippen molar-refractivity contribution in [3.8, 4) is 0 Å². The van der Waals surface area contributed by atoms with E-state index in [1.54, 1.807) is 6.07 Å². The molecule has 36 heavy (non-hydrogen) atoms. The maximum atomic E-state index is 12.9. The number of pyridine rings is 1. The first-order chi connectivity index (χ1) is 17.3. The normalized spacial score (nSPS) is 18.0. The third-order valence-corrected chi connectivity index (χ3v) is 8.92. The maximum absolute atomic E-state index is 12.9. The molecule has 0 radical (unpaired) electrons. The predicted molar refractivity (Wildman–Crippen MR) is 133 cm³/mol. The number of amides is 1. The maximum Gasteiger partial charge on any atom is 0.290 e. The van der Waals surface area contributed by atoms with Gasteiger partial charge < -0.3 is 9.47 Å². The lowest BCUT2D eigenvalue weighted by molar-refractivity contribution is -0.387. The van der Waals surface area contributed by atoms with Crippen LogP contribution in [-0.4, -0.2) is 59.2 Å². The van der Waals surface area contributed by atoms with Crippen LogP contribution in [0.4, 0.5) is 5.69 Å². The molecule has 0 aliphatic carbocycles. The fraction of sp³-hybridized carbons (Fsp3) is 0.360. The Hall–Kier alpha value is -3.57. The number of hydrogen-bond acceptors (Lipinski definition) is 7. The van der Waals surface area contributed by atoms with Crippen molar-refractivity contribution in [2.45, 2.75) is 36.6 Å². The lowest BCUT2D eigenvalue weighted by Crippen LogP contribution is -2.38. The van der Waals surface area contributed by atoms with Gasteiger partial charge in [-0.05, 0) is 55.8 Å². The smallest absolute Gasteiger partial charge is 0.290 e. The molecule has 0 N–H and O–H groups in total. The van der Waals surface area contributed by atoms with E-state index in [9.17, 15) is 28.1 Å². The minimum Gasteiger partial charge on any atom is -0.305 e. The molecule has 2 aliphatic heterocycles. The SMILES string of the molecule is O=C1c2cccc([N+](=O)[O-])c2S(=O)(=O)N1CCCCN1CCC(n2c(=O)ccc3ccccc32)CC1. The molecule has 0 unspecified atom stereocenters. The van der Waals surface area contributed by atoms with Crippen molar-refractivity contribution < 1.29 is 18.1 Å². The van der Waals surface area contributed by atoms with Gasteiger partial charge in [-0.2, -0.15) is 0 Å². The molecule has 3 aromatic rings. The lowest BCUT2D eigenvalue weighted by Gasteiger charge is -2.33. The van der Waals surface area contributed by atoms with E-state index in [2.05, 4.69) is 4.90 Å². The van der Waals surface area contributed by atoms with Crippen molar-refractivity contribution in [3.63, 3.8) is 0 Å². The van der Waals surface area contributed by atoms with Crippen LogP contribution >= 0.6 is 0 Å². The van der Waals surface area contributed by atoms with Gasteiger partial charge in [0.25, 0.3) is 27.2 Å². The highest BCUT2D eigenvalue weighted by molar-refractivity contribution is 7.90. The lowest BCUT2D eigenvalue weighted by atomic mass is 10.0. The van der Waals surface area contributed by atoms with Crippen molar-refractivity contribution in [3.05, 3.63) is 80.6 Å². The number of aromatic nitrogens is 1. The molecular weight excluding hydrogens is 484 g/mol. The highest BCUT2D eigenvalue weighted by Crippen LogP contribution is 2.37. The van der Waals surface area contributed by atoms with E-state index in [1.165, 1.54) is 12.1 Å². The summed E-state index contributed by atoms with van der Waals surface area (Å²) in [6.45, 7) is 2.36.